The van der Waals surface area contributed by atoms with E-state index in [2.05, 4.69) is 20.7 Å². The second-order valence-corrected chi connectivity index (χ2v) is 5.93. The SMILES string of the molecule is Cc1ccc(NC(=O)Cn2nnc(-c3cccs3)n2)c(C)c1. The number of anilines is 1. The maximum Gasteiger partial charge on any atom is 0.248 e. The maximum atomic E-state index is 12.1. The number of carbonyl (C=O) groups excluding carboxylic acids is 1. The van der Waals surface area contributed by atoms with Crippen LogP contribution in [0.25, 0.3) is 10.7 Å². The Hall–Kier alpha value is -2.54. The highest BCUT2D eigenvalue weighted by molar-refractivity contribution is 7.13. The first-order chi connectivity index (χ1) is 10.6. The molecule has 0 saturated carbocycles. The number of nitrogens with zero attached hydrogens (tertiary/aromatic N) is 4. The Bertz CT molecular complexity index is 794. The van der Waals surface area contributed by atoms with Gasteiger partial charge in [-0.15, -0.1) is 21.5 Å². The number of tetrazole rings is 1. The second-order valence-electron chi connectivity index (χ2n) is 4.99. The molecule has 0 saturated heterocycles. The molecule has 0 aliphatic heterocycles. The molecule has 0 aliphatic carbocycles. The first-order valence-electron chi connectivity index (χ1n) is 6.80. The summed E-state index contributed by atoms with van der Waals surface area (Å²) in [4.78, 5) is 14.3. The van der Waals surface area contributed by atoms with Gasteiger partial charge in [0.2, 0.25) is 11.7 Å². The van der Waals surface area contributed by atoms with Crippen LogP contribution >= 0.6 is 11.3 Å². The van der Waals surface area contributed by atoms with Crippen LogP contribution < -0.4 is 5.32 Å². The number of thiophene rings is 1. The lowest BCUT2D eigenvalue weighted by atomic mass is 10.1. The number of hydrogen-bond acceptors (Lipinski definition) is 5. The summed E-state index contributed by atoms with van der Waals surface area (Å²) in [6.07, 6.45) is 0. The van der Waals surface area contributed by atoms with Gasteiger partial charge in [0, 0.05) is 5.69 Å². The van der Waals surface area contributed by atoms with E-state index in [1.54, 1.807) is 0 Å². The molecular formula is C15H15N5OS. The topological polar surface area (TPSA) is 72.7 Å². The largest absolute Gasteiger partial charge is 0.324 e. The van der Waals surface area contributed by atoms with Crippen molar-refractivity contribution in [1.82, 2.24) is 20.2 Å². The van der Waals surface area contributed by atoms with E-state index >= 15 is 0 Å². The summed E-state index contributed by atoms with van der Waals surface area (Å²) < 4.78 is 0. The normalized spacial score (nSPS) is 10.6. The molecule has 0 atom stereocenters. The lowest BCUT2D eigenvalue weighted by Crippen LogP contribution is -2.21. The highest BCUT2D eigenvalue weighted by Crippen LogP contribution is 2.19. The van der Waals surface area contributed by atoms with E-state index in [-0.39, 0.29) is 12.5 Å². The van der Waals surface area contributed by atoms with Gasteiger partial charge in [-0.05, 0) is 42.1 Å². The molecule has 1 N–H and O–H groups in total. The summed E-state index contributed by atoms with van der Waals surface area (Å²) in [6, 6.07) is 9.73. The predicted molar refractivity (Wildman–Crippen MR) is 85.7 cm³/mol. The molecule has 0 unspecified atom stereocenters. The molecule has 22 heavy (non-hydrogen) atoms. The van der Waals surface area contributed by atoms with Gasteiger partial charge in [-0.2, -0.15) is 4.80 Å². The van der Waals surface area contributed by atoms with Crippen molar-refractivity contribution in [2.24, 2.45) is 0 Å². The van der Waals surface area contributed by atoms with Crippen LogP contribution in [0.4, 0.5) is 5.69 Å². The van der Waals surface area contributed by atoms with Gasteiger partial charge in [-0.1, -0.05) is 23.8 Å². The molecule has 0 bridgehead atoms. The van der Waals surface area contributed by atoms with Crippen LogP contribution in [0.1, 0.15) is 11.1 Å². The zero-order valence-electron chi connectivity index (χ0n) is 12.3. The minimum Gasteiger partial charge on any atom is -0.324 e. The molecule has 6 nitrogen and oxygen atoms in total. The Kier molecular flexibility index (Phi) is 3.97. The van der Waals surface area contributed by atoms with Gasteiger partial charge >= 0.3 is 0 Å². The van der Waals surface area contributed by atoms with Gasteiger partial charge < -0.3 is 5.32 Å². The van der Waals surface area contributed by atoms with Gasteiger partial charge in [0.05, 0.1) is 4.88 Å². The average molecular weight is 313 g/mol. The van der Waals surface area contributed by atoms with Crippen LogP contribution in [0.5, 0.6) is 0 Å². The van der Waals surface area contributed by atoms with Gasteiger partial charge in [0.25, 0.3) is 0 Å². The van der Waals surface area contributed by atoms with Crippen molar-refractivity contribution >= 4 is 22.9 Å². The van der Waals surface area contributed by atoms with Crippen molar-refractivity contribution in [3.8, 4) is 10.7 Å². The fourth-order valence-electron chi connectivity index (χ4n) is 2.09. The average Bonchev–Trinajstić information content (AvgIpc) is 3.12. The Balaban J connectivity index is 1.67. The van der Waals surface area contributed by atoms with E-state index in [1.807, 2.05) is 49.6 Å². The molecule has 0 radical (unpaired) electrons. The minimum absolute atomic E-state index is 0.0334. The minimum atomic E-state index is -0.179. The number of amides is 1. The Morgan fingerprint density at radius 2 is 2.18 bits per heavy atom. The van der Waals surface area contributed by atoms with E-state index in [0.29, 0.717) is 5.82 Å². The molecular weight excluding hydrogens is 298 g/mol. The summed E-state index contributed by atoms with van der Waals surface area (Å²) in [7, 11) is 0. The first-order valence-corrected chi connectivity index (χ1v) is 7.68. The molecule has 0 fully saturated rings. The van der Waals surface area contributed by atoms with Crippen molar-refractivity contribution in [3.63, 3.8) is 0 Å². The van der Waals surface area contributed by atoms with Crippen LogP contribution in [0.2, 0.25) is 0 Å². The monoisotopic (exact) mass is 313 g/mol. The number of rotatable bonds is 4. The lowest BCUT2D eigenvalue weighted by Gasteiger charge is -2.08. The standard InChI is InChI=1S/C15H15N5OS/c1-10-5-6-12(11(2)8-10)16-14(21)9-20-18-15(17-19-20)13-4-3-7-22-13/h3-8H,9H2,1-2H3,(H,16,21). The maximum absolute atomic E-state index is 12.1. The number of carbonyl (C=O) groups is 1. The number of aryl methyl sites for hydroxylation is 2. The molecule has 3 aromatic rings. The van der Waals surface area contributed by atoms with Crippen LogP contribution in [0.3, 0.4) is 0 Å². The van der Waals surface area contributed by atoms with Crippen LogP contribution in [0.15, 0.2) is 35.7 Å². The molecule has 2 heterocycles. The van der Waals surface area contributed by atoms with Crippen molar-refractivity contribution in [2.45, 2.75) is 20.4 Å². The van der Waals surface area contributed by atoms with Gasteiger partial charge in [0.15, 0.2) is 0 Å². The smallest absolute Gasteiger partial charge is 0.248 e. The molecule has 0 aliphatic rings. The Morgan fingerprint density at radius 1 is 1.32 bits per heavy atom. The van der Waals surface area contributed by atoms with E-state index < -0.39 is 0 Å². The highest BCUT2D eigenvalue weighted by atomic mass is 32.1. The summed E-state index contributed by atoms with van der Waals surface area (Å²) in [5, 5.41) is 16.9. The molecule has 3 rings (SSSR count). The third kappa shape index (κ3) is 3.20. The predicted octanol–water partition coefficient (Wildman–Crippen LogP) is 2.66. The second kappa shape index (κ2) is 6.07. The number of nitrogens with one attached hydrogen (secondary N) is 1. The molecule has 1 aromatic carbocycles. The third-order valence-corrected chi connectivity index (χ3v) is 4.00. The zero-order chi connectivity index (χ0) is 15.5. The zero-order valence-corrected chi connectivity index (χ0v) is 13.1. The van der Waals surface area contributed by atoms with Crippen molar-refractivity contribution < 1.29 is 4.79 Å². The first kappa shape index (κ1) is 14.4. The van der Waals surface area contributed by atoms with Crippen molar-refractivity contribution in [3.05, 3.63) is 46.8 Å². The van der Waals surface area contributed by atoms with Crippen molar-refractivity contribution in [2.75, 3.05) is 5.32 Å². The van der Waals surface area contributed by atoms with E-state index in [4.69, 9.17) is 0 Å². The lowest BCUT2D eigenvalue weighted by molar-refractivity contribution is -0.117. The number of benzene rings is 1. The highest BCUT2D eigenvalue weighted by Gasteiger charge is 2.10. The van der Waals surface area contributed by atoms with Crippen LogP contribution in [-0.2, 0) is 11.3 Å². The molecule has 2 aromatic heterocycles. The van der Waals surface area contributed by atoms with Crippen LogP contribution in [-0.4, -0.2) is 26.1 Å². The number of aromatic nitrogens is 4. The summed E-state index contributed by atoms with van der Waals surface area (Å²) in [5.74, 6) is 0.358. The summed E-state index contributed by atoms with van der Waals surface area (Å²) in [5.41, 5.74) is 2.99. The van der Waals surface area contributed by atoms with Gasteiger partial charge in [-0.25, -0.2) is 0 Å². The fraction of sp³-hybridized carbons (Fsp3) is 0.200. The van der Waals surface area contributed by atoms with Gasteiger partial charge in [-0.3, -0.25) is 4.79 Å². The Morgan fingerprint density at radius 3 is 2.91 bits per heavy atom. The van der Waals surface area contributed by atoms with E-state index in [0.717, 1.165) is 21.7 Å². The molecule has 7 heteroatoms. The summed E-state index contributed by atoms with van der Waals surface area (Å²) in [6.45, 7) is 4.01. The fourth-order valence-corrected chi connectivity index (χ4v) is 2.73. The van der Waals surface area contributed by atoms with Gasteiger partial charge in [0.1, 0.15) is 6.54 Å². The van der Waals surface area contributed by atoms with Crippen LogP contribution in [0, 0.1) is 13.8 Å². The molecule has 0 spiro atoms. The molecule has 1 amide bonds. The van der Waals surface area contributed by atoms with Crippen molar-refractivity contribution in [1.29, 1.82) is 0 Å². The number of hydrogen-bond donors (Lipinski definition) is 1. The quantitative estimate of drug-likeness (QED) is 0.803. The van der Waals surface area contributed by atoms with E-state index in [9.17, 15) is 4.79 Å². The summed E-state index contributed by atoms with van der Waals surface area (Å²) >= 11 is 1.54. The Labute approximate surface area is 131 Å². The third-order valence-electron chi connectivity index (χ3n) is 3.14. The van der Waals surface area contributed by atoms with E-state index in [1.165, 1.54) is 16.1 Å². The molecule has 112 valence electrons.